The SMILES string of the molecule is O=C(CN1C(=O)c2ccccc2C1=O)N1CCCN(C(=O)c2cc(O)c(O)c(O)c2)CC1. The van der Waals surface area contributed by atoms with Crippen LogP contribution in [0.4, 0.5) is 0 Å². The lowest BCUT2D eigenvalue weighted by atomic mass is 10.1. The van der Waals surface area contributed by atoms with E-state index in [9.17, 15) is 34.5 Å². The summed E-state index contributed by atoms with van der Waals surface area (Å²) in [6, 6.07) is 8.54. The Morgan fingerprint density at radius 3 is 1.94 bits per heavy atom. The maximum atomic E-state index is 12.8. The summed E-state index contributed by atoms with van der Waals surface area (Å²) in [5.41, 5.74) is 0.556. The first-order valence-electron chi connectivity index (χ1n) is 10.0. The van der Waals surface area contributed by atoms with Crippen molar-refractivity contribution >= 4 is 23.6 Å². The minimum Gasteiger partial charge on any atom is -0.504 e. The molecule has 1 saturated heterocycles. The highest BCUT2D eigenvalue weighted by Gasteiger charge is 2.37. The second-order valence-corrected chi connectivity index (χ2v) is 7.63. The van der Waals surface area contributed by atoms with Gasteiger partial charge in [0.2, 0.25) is 5.91 Å². The van der Waals surface area contributed by atoms with E-state index >= 15 is 0 Å². The van der Waals surface area contributed by atoms with Gasteiger partial charge >= 0.3 is 0 Å². The van der Waals surface area contributed by atoms with Crippen LogP contribution in [0.15, 0.2) is 36.4 Å². The highest BCUT2D eigenvalue weighted by Crippen LogP contribution is 2.35. The van der Waals surface area contributed by atoms with Gasteiger partial charge in [0, 0.05) is 31.7 Å². The summed E-state index contributed by atoms with van der Waals surface area (Å²) in [5, 5.41) is 28.8. The lowest BCUT2D eigenvalue weighted by molar-refractivity contribution is -0.131. The molecular formula is C22H21N3O7. The Morgan fingerprint density at radius 1 is 0.812 bits per heavy atom. The molecule has 0 aliphatic carbocycles. The number of hydrogen-bond acceptors (Lipinski definition) is 7. The second kappa shape index (κ2) is 8.22. The Bertz CT molecular complexity index is 1070. The first kappa shape index (κ1) is 21.2. The molecule has 0 atom stereocenters. The normalized spacial score (nSPS) is 16.2. The van der Waals surface area contributed by atoms with Gasteiger partial charge in [0.15, 0.2) is 17.2 Å². The largest absolute Gasteiger partial charge is 0.504 e. The van der Waals surface area contributed by atoms with Crippen molar-refractivity contribution in [1.82, 2.24) is 14.7 Å². The van der Waals surface area contributed by atoms with E-state index in [4.69, 9.17) is 0 Å². The van der Waals surface area contributed by atoms with Crippen molar-refractivity contribution in [1.29, 1.82) is 0 Å². The zero-order chi connectivity index (χ0) is 23.0. The summed E-state index contributed by atoms with van der Waals surface area (Å²) in [6.45, 7) is 0.689. The minimum absolute atomic E-state index is 0.00333. The molecule has 0 aromatic heterocycles. The van der Waals surface area contributed by atoms with Crippen molar-refractivity contribution in [2.75, 3.05) is 32.7 Å². The summed E-state index contributed by atoms with van der Waals surface area (Å²) in [7, 11) is 0. The second-order valence-electron chi connectivity index (χ2n) is 7.63. The molecule has 10 nitrogen and oxygen atoms in total. The number of aromatic hydroxyl groups is 3. The third-order valence-electron chi connectivity index (χ3n) is 5.62. The zero-order valence-corrected chi connectivity index (χ0v) is 17.0. The number of rotatable bonds is 3. The third kappa shape index (κ3) is 3.70. The van der Waals surface area contributed by atoms with Crippen LogP contribution in [-0.2, 0) is 4.79 Å². The Balaban J connectivity index is 1.40. The molecule has 0 spiro atoms. The number of amides is 4. The number of benzene rings is 2. The molecule has 0 radical (unpaired) electrons. The molecule has 2 heterocycles. The van der Waals surface area contributed by atoms with Crippen LogP contribution in [0.2, 0.25) is 0 Å². The van der Waals surface area contributed by atoms with E-state index in [1.165, 1.54) is 9.80 Å². The summed E-state index contributed by atoms with van der Waals surface area (Å²) in [4.78, 5) is 54.5. The van der Waals surface area contributed by atoms with E-state index in [0.29, 0.717) is 19.5 Å². The molecule has 3 N–H and O–H groups in total. The van der Waals surface area contributed by atoms with Crippen molar-refractivity contribution in [3.05, 3.63) is 53.1 Å². The zero-order valence-electron chi connectivity index (χ0n) is 17.0. The first-order chi connectivity index (χ1) is 15.3. The number of imide groups is 1. The predicted octanol–water partition coefficient (Wildman–Crippen LogP) is 0.774. The maximum Gasteiger partial charge on any atom is 0.262 e. The van der Waals surface area contributed by atoms with Crippen LogP contribution < -0.4 is 0 Å². The van der Waals surface area contributed by atoms with Gasteiger partial charge in [0.1, 0.15) is 6.54 Å². The smallest absolute Gasteiger partial charge is 0.262 e. The van der Waals surface area contributed by atoms with Crippen molar-refractivity contribution in [2.24, 2.45) is 0 Å². The lowest BCUT2D eigenvalue weighted by Gasteiger charge is -2.24. The van der Waals surface area contributed by atoms with Gasteiger partial charge in [-0.2, -0.15) is 0 Å². The fourth-order valence-electron chi connectivity index (χ4n) is 3.90. The van der Waals surface area contributed by atoms with Crippen LogP contribution in [0.25, 0.3) is 0 Å². The van der Waals surface area contributed by atoms with Crippen LogP contribution in [0.5, 0.6) is 17.2 Å². The van der Waals surface area contributed by atoms with E-state index in [-0.39, 0.29) is 36.3 Å². The molecule has 4 rings (SSSR count). The van der Waals surface area contributed by atoms with Gasteiger partial charge in [0.25, 0.3) is 17.7 Å². The predicted molar refractivity (Wildman–Crippen MR) is 110 cm³/mol. The van der Waals surface area contributed by atoms with Crippen LogP contribution in [0, 0.1) is 0 Å². The molecular weight excluding hydrogens is 418 g/mol. The van der Waals surface area contributed by atoms with Crippen LogP contribution in [0.1, 0.15) is 37.5 Å². The first-order valence-corrected chi connectivity index (χ1v) is 10.0. The number of phenols is 3. The number of nitrogens with zero attached hydrogens (tertiary/aromatic N) is 3. The number of hydrogen-bond donors (Lipinski definition) is 3. The molecule has 0 unspecified atom stereocenters. The van der Waals surface area contributed by atoms with E-state index in [1.807, 2.05) is 0 Å². The monoisotopic (exact) mass is 439 g/mol. The molecule has 2 aromatic rings. The molecule has 32 heavy (non-hydrogen) atoms. The summed E-state index contributed by atoms with van der Waals surface area (Å²) >= 11 is 0. The number of fused-ring (bicyclic) bond motifs is 1. The van der Waals surface area contributed by atoms with Crippen molar-refractivity contribution in [3.8, 4) is 17.2 Å². The topological polar surface area (TPSA) is 139 Å². The average molecular weight is 439 g/mol. The number of carbonyl (C=O) groups excluding carboxylic acids is 4. The molecule has 2 aromatic carbocycles. The Morgan fingerprint density at radius 2 is 1.34 bits per heavy atom. The third-order valence-corrected chi connectivity index (χ3v) is 5.62. The Kier molecular flexibility index (Phi) is 5.43. The molecule has 2 aliphatic heterocycles. The van der Waals surface area contributed by atoms with Gasteiger partial charge in [-0.1, -0.05) is 12.1 Å². The van der Waals surface area contributed by atoms with Crippen LogP contribution in [-0.4, -0.2) is 86.4 Å². The van der Waals surface area contributed by atoms with Crippen LogP contribution >= 0.6 is 0 Å². The van der Waals surface area contributed by atoms with E-state index in [1.54, 1.807) is 24.3 Å². The van der Waals surface area contributed by atoms with Crippen LogP contribution in [0.3, 0.4) is 0 Å². The quantitative estimate of drug-likeness (QED) is 0.474. The molecule has 4 amide bonds. The van der Waals surface area contributed by atoms with Crippen molar-refractivity contribution in [3.63, 3.8) is 0 Å². The standard InChI is InChI=1S/C22H21N3O7/c26-16-10-13(11-17(27)19(16)29)20(30)24-7-3-6-23(8-9-24)18(28)12-25-21(31)14-4-1-2-5-15(14)22(25)32/h1-2,4-5,10-11,26-27,29H,3,6-9,12H2. The van der Waals surface area contributed by atoms with Crippen molar-refractivity contribution in [2.45, 2.75) is 6.42 Å². The lowest BCUT2D eigenvalue weighted by Crippen LogP contribution is -2.44. The maximum absolute atomic E-state index is 12.8. The van der Waals surface area contributed by atoms with E-state index < -0.39 is 40.9 Å². The summed E-state index contributed by atoms with van der Waals surface area (Å²) in [5.74, 6) is -3.79. The Hall–Kier alpha value is -4.08. The van der Waals surface area contributed by atoms with Gasteiger partial charge in [0.05, 0.1) is 11.1 Å². The van der Waals surface area contributed by atoms with Gasteiger partial charge in [-0.15, -0.1) is 0 Å². The van der Waals surface area contributed by atoms with Crippen molar-refractivity contribution < 1.29 is 34.5 Å². The van der Waals surface area contributed by atoms with E-state index in [0.717, 1.165) is 17.0 Å². The van der Waals surface area contributed by atoms with Gasteiger partial charge in [-0.05, 0) is 30.7 Å². The number of carbonyl (C=O) groups is 4. The molecule has 0 bridgehead atoms. The molecule has 166 valence electrons. The fraction of sp³-hybridized carbons (Fsp3) is 0.273. The highest BCUT2D eigenvalue weighted by molar-refractivity contribution is 6.22. The molecule has 2 aliphatic rings. The molecule has 10 heteroatoms. The van der Waals surface area contributed by atoms with E-state index in [2.05, 4.69) is 0 Å². The molecule has 0 saturated carbocycles. The minimum atomic E-state index is -0.706. The van der Waals surface area contributed by atoms with Gasteiger partial charge in [-0.25, -0.2) is 0 Å². The Labute approximate surface area is 182 Å². The summed E-state index contributed by atoms with van der Waals surface area (Å²) in [6.07, 6.45) is 0.468. The number of phenolic OH excluding ortho intramolecular Hbond substituents is 3. The summed E-state index contributed by atoms with van der Waals surface area (Å²) < 4.78 is 0. The molecule has 1 fully saturated rings. The van der Waals surface area contributed by atoms with Gasteiger partial charge in [-0.3, -0.25) is 24.1 Å². The highest BCUT2D eigenvalue weighted by atomic mass is 16.3. The van der Waals surface area contributed by atoms with Gasteiger partial charge < -0.3 is 25.1 Å². The average Bonchev–Trinajstić information content (AvgIpc) is 2.95. The fourth-order valence-corrected chi connectivity index (χ4v) is 3.90.